The normalized spacial score (nSPS) is 17.2. The summed E-state index contributed by atoms with van der Waals surface area (Å²) in [7, 11) is 0. The molecule has 1 N–H and O–H groups in total. The van der Waals surface area contributed by atoms with Gasteiger partial charge in [-0.1, -0.05) is 78.3 Å². The molecule has 4 nitrogen and oxygen atoms in total. The lowest BCUT2D eigenvalue weighted by Crippen LogP contribution is -2.43. The molecule has 4 aromatic rings. The molecule has 1 heterocycles. The van der Waals surface area contributed by atoms with Gasteiger partial charge in [-0.05, 0) is 53.9 Å². The number of anilines is 1. The third-order valence-corrected chi connectivity index (χ3v) is 7.33. The zero-order valence-corrected chi connectivity index (χ0v) is 22.4. The molecule has 216 valence electrons. The van der Waals surface area contributed by atoms with Crippen molar-refractivity contribution >= 4 is 29.0 Å². The Kier molecular flexibility index (Phi) is 7.76. The maximum absolute atomic E-state index is 13.5. The van der Waals surface area contributed by atoms with Crippen LogP contribution in [-0.4, -0.2) is 23.3 Å². The number of alkyl halides is 6. The van der Waals surface area contributed by atoms with Crippen molar-refractivity contribution in [1.29, 1.82) is 0 Å². The van der Waals surface area contributed by atoms with Gasteiger partial charge in [0.2, 0.25) is 0 Å². The second kappa shape index (κ2) is 11.2. The van der Waals surface area contributed by atoms with E-state index < -0.39 is 39.9 Å². The molecule has 0 saturated carbocycles. The van der Waals surface area contributed by atoms with Crippen LogP contribution in [0.4, 0.5) is 36.8 Å². The Balaban J connectivity index is 1.59. The van der Waals surface area contributed by atoms with E-state index in [1.807, 2.05) is 60.7 Å². The number of hydrogen-bond acceptors (Lipinski definition) is 2. The first-order valence-corrected chi connectivity index (χ1v) is 13.1. The molecule has 1 unspecified atom stereocenters. The molecule has 0 radical (unpaired) electrons. The Bertz CT molecular complexity index is 1610. The average molecular weight is 602 g/mol. The number of urea groups is 1. The van der Waals surface area contributed by atoms with Crippen molar-refractivity contribution in [2.24, 2.45) is 5.10 Å². The smallest absolute Gasteiger partial charge is 0.306 e. The predicted octanol–water partition coefficient (Wildman–Crippen LogP) is 8.81. The van der Waals surface area contributed by atoms with Crippen LogP contribution in [0.25, 0.3) is 0 Å². The zero-order chi connectivity index (χ0) is 30.1. The summed E-state index contributed by atoms with van der Waals surface area (Å²) in [6.07, 6.45) is -8.87. The van der Waals surface area contributed by atoms with E-state index in [4.69, 9.17) is 11.6 Å². The number of hydrazone groups is 1. The Labute approximate surface area is 242 Å². The van der Waals surface area contributed by atoms with Crippen molar-refractivity contribution in [2.45, 2.75) is 24.2 Å². The molecule has 11 heteroatoms. The zero-order valence-electron chi connectivity index (χ0n) is 21.7. The summed E-state index contributed by atoms with van der Waals surface area (Å²) in [5, 5.41) is 7.77. The van der Waals surface area contributed by atoms with Gasteiger partial charge in [0.15, 0.2) is 0 Å². The van der Waals surface area contributed by atoms with Crippen molar-refractivity contribution < 1.29 is 31.1 Å². The number of hydrogen-bond donors (Lipinski definition) is 1. The van der Waals surface area contributed by atoms with E-state index in [0.29, 0.717) is 12.1 Å². The molecule has 1 aliphatic heterocycles. The summed E-state index contributed by atoms with van der Waals surface area (Å²) in [5.41, 5.74) is -0.520. The first-order valence-electron chi connectivity index (χ1n) is 12.7. The van der Waals surface area contributed by atoms with Crippen LogP contribution in [0.15, 0.2) is 108 Å². The highest BCUT2D eigenvalue weighted by atomic mass is 35.5. The van der Waals surface area contributed by atoms with Crippen LogP contribution in [-0.2, 0) is 24.2 Å². The van der Waals surface area contributed by atoms with Crippen molar-refractivity contribution in [3.63, 3.8) is 0 Å². The van der Waals surface area contributed by atoms with Crippen molar-refractivity contribution in [2.75, 3.05) is 11.9 Å². The lowest BCUT2D eigenvalue weighted by atomic mass is 9.70. The minimum atomic E-state index is -4.67. The monoisotopic (exact) mass is 601 g/mol. The Morgan fingerprint density at radius 3 is 2.02 bits per heavy atom. The number of nitrogens with zero attached hydrogens (tertiary/aromatic N) is 2. The summed E-state index contributed by atoms with van der Waals surface area (Å²) in [5.74, 6) is 0. The molecule has 1 atom stereocenters. The molecule has 0 aromatic heterocycles. The lowest BCUT2D eigenvalue weighted by molar-refractivity contribution is -0.138. The quantitative estimate of drug-likeness (QED) is 0.228. The molecule has 1 aliphatic rings. The van der Waals surface area contributed by atoms with Gasteiger partial charge in [0.05, 0.1) is 33.8 Å². The highest BCUT2D eigenvalue weighted by molar-refractivity contribution is 6.32. The fourth-order valence-corrected chi connectivity index (χ4v) is 5.32. The van der Waals surface area contributed by atoms with E-state index in [0.717, 1.165) is 46.5 Å². The third kappa shape index (κ3) is 5.99. The molecule has 4 aromatic carbocycles. The number of rotatable bonds is 5. The first kappa shape index (κ1) is 29.2. The van der Waals surface area contributed by atoms with Gasteiger partial charge in [0.25, 0.3) is 0 Å². The van der Waals surface area contributed by atoms with Crippen molar-refractivity contribution in [3.8, 4) is 0 Å². The molecule has 42 heavy (non-hydrogen) atoms. The van der Waals surface area contributed by atoms with Crippen LogP contribution < -0.4 is 5.32 Å². The van der Waals surface area contributed by atoms with Crippen molar-refractivity contribution in [3.05, 3.63) is 136 Å². The van der Waals surface area contributed by atoms with Gasteiger partial charge in [-0.25, -0.2) is 9.80 Å². The van der Waals surface area contributed by atoms with E-state index in [9.17, 15) is 31.1 Å². The van der Waals surface area contributed by atoms with Crippen molar-refractivity contribution in [1.82, 2.24) is 5.01 Å². The molecule has 0 saturated heterocycles. The SMILES string of the molecule is O=C(Nc1ccc(C(F)(F)F)cc1)N1CC(Cc2ccccc2)(c2ccccc2)C(c2ccc(C(F)(F)F)c(Cl)c2)=N1. The molecule has 0 aliphatic carbocycles. The summed E-state index contributed by atoms with van der Waals surface area (Å²) in [6.45, 7) is -0.00759. The third-order valence-electron chi connectivity index (χ3n) is 7.01. The predicted molar refractivity (Wildman–Crippen MR) is 148 cm³/mol. The number of carbonyl (C=O) groups is 1. The molecule has 5 rings (SSSR count). The summed E-state index contributed by atoms with van der Waals surface area (Å²) in [4.78, 5) is 13.4. The molecular weight excluding hydrogens is 580 g/mol. The van der Waals surface area contributed by atoms with Gasteiger partial charge in [-0.3, -0.25) is 0 Å². The molecule has 0 spiro atoms. The van der Waals surface area contributed by atoms with Crippen LogP contribution in [0.2, 0.25) is 5.02 Å². The average Bonchev–Trinajstić information content (AvgIpc) is 3.34. The molecule has 0 fully saturated rings. The number of nitrogens with one attached hydrogen (secondary N) is 1. The van der Waals surface area contributed by atoms with Gasteiger partial charge in [0, 0.05) is 11.3 Å². The van der Waals surface area contributed by atoms with Crippen LogP contribution >= 0.6 is 11.6 Å². The molecule has 0 bridgehead atoms. The summed E-state index contributed by atoms with van der Waals surface area (Å²) in [6, 6.07) is 25.0. The Hall–Kier alpha value is -4.31. The standard InChI is InChI=1S/C31H22ClF6N3O/c32-26-17-21(11-16-25(26)31(36,37)38)27-29(22-9-5-2-6-10-22,18-20-7-3-1-4-8-20)19-41(40-27)28(42)39-24-14-12-23(13-15-24)30(33,34)35/h1-17H,18-19H2,(H,39,42). The Morgan fingerprint density at radius 1 is 0.833 bits per heavy atom. The fourth-order valence-electron chi connectivity index (χ4n) is 5.03. The van der Waals surface area contributed by atoms with Crippen LogP contribution in [0.3, 0.4) is 0 Å². The van der Waals surface area contributed by atoms with Gasteiger partial charge in [-0.2, -0.15) is 31.4 Å². The Morgan fingerprint density at radius 2 is 1.45 bits per heavy atom. The number of amides is 2. The second-order valence-corrected chi connectivity index (χ2v) is 10.2. The number of halogens is 7. The fraction of sp³-hybridized carbons (Fsp3) is 0.161. The molecule has 2 amide bonds. The van der Waals surface area contributed by atoms with Crippen LogP contribution in [0.1, 0.15) is 27.8 Å². The van der Waals surface area contributed by atoms with E-state index in [2.05, 4.69) is 10.4 Å². The van der Waals surface area contributed by atoms with Crippen LogP contribution in [0, 0.1) is 0 Å². The highest BCUT2D eigenvalue weighted by Gasteiger charge is 2.47. The van der Waals surface area contributed by atoms with Gasteiger partial charge >= 0.3 is 18.4 Å². The largest absolute Gasteiger partial charge is 0.417 e. The maximum atomic E-state index is 13.5. The maximum Gasteiger partial charge on any atom is 0.417 e. The van der Waals surface area contributed by atoms with Gasteiger partial charge < -0.3 is 5.32 Å². The van der Waals surface area contributed by atoms with E-state index >= 15 is 0 Å². The summed E-state index contributed by atoms with van der Waals surface area (Å²) >= 11 is 6.09. The topological polar surface area (TPSA) is 44.7 Å². The van der Waals surface area contributed by atoms with E-state index in [1.165, 1.54) is 12.1 Å². The minimum Gasteiger partial charge on any atom is -0.306 e. The lowest BCUT2D eigenvalue weighted by Gasteiger charge is -2.32. The second-order valence-electron chi connectivity index (χ2n) is 9.81. The highest BCUT2D eigenvalue weighted by Crippen LogP contribution is 2.41. The van der Waals surface area contributed by atoms with E-state index in [1.54, 1.807) is 0 Å². The van der Waals surface area contributed by atoms with E-state index in [-0.39, 0.29) is 17.8 Å². The van der Waals surface area contributed by atoms with Crippen LogP contribution in [0.5, 0.6) is 0 Å². The summed E-state index contributed by atoms with van der Waals surface area (Å²) < 4.78 is 79.4. The number of benzene rings is 4. The molecular formula is C31H22ClF6N3O. The minimum absolute atomic E-state index is 0.00759. The van der Waals surface area contributed by atoms with Gasteiger partial charge in [-0.15, -0.1) is 0 Å². The van der Waals surface area contributed by atoms with Gasteiger partial charge in [0.1, 0.15) is 0 Å². The number of carbonyl (C=O) groups excluding carboxylic acids is 1. The first-order chi connectivity index (χ1) is 19.9.